The van der Waals surface area contributed by atoms with Gasteiger partial charge >= 0.3 is 0 Å². The van der Waals surface area contributed by atoms with Crippen LogP contribution in [0.5, 0.6) is 5.88 Å². The third-order valence-corrected chi connectivity index (χ3v) is 9.77. The molecule has 0 bridgehead atoms. The summed E-state index contributed by atoms with van der Waals surface area (Å²) in [6.07, 6.45) is 1.49. The number of sulfonamides is 2. The molecule has 0 amide bonds. The first-order valence-corrected chi connectivity index (χ1v) is 15.3. The van der Waals surface area contributed by atoms with Gasteiger partial charge in [0.05, 0.1) is 23.2 Å². The largest absolute Gasteiger partial charge is 0.480 e. The second-order valence-electron chi connectivity index (χ2n) is 9.48. The Kier molecular flexibility index (Phi) is 7.47. The molecule has 3 aromatic carbocycles. The van der Waals surface area contributed by atoms with Crippen molar-refractivity contribution < 1.29 is 30.4 Å². The number of halogens is 2. The highest BCUT2D eigenvalue weighted by atomic mass is 32.2. The molecular weight excluding hydrogens is 588 g/mol. The van der Waals surface area contributed by atoms with E-state index in [-0.39, 0.29) is 16.5 Å². The summed E-state index contributed by atoms with van der Waals surface area (Å²) in [5.41, 5.74) is 3.26. The average molecular weight is 614 g/mol. The molecule has 0 unspecified atom stereocenters. The molecule has 2 heterocycles. The minimum atomic E-state index is -4.46. The van der Waals surface area contributed by atoms with E-state index < -0.39 is 36.6 Å². The Balaban J connectivity index is 1.55. The van der Waals surface area contributed by atoms with Crippen molar-refractivity contribution in [1.29, 1.82) is 0 Å². The van der Waals surface area contributed by atoms with E-state index in [1.165, 1.54) is 45.6 Å². The number of hydrogen-bond acceptors (Lipinski definition) is 7. The lowest BCUT2D eigenvalue weighted by Crippen LogP contribution is -2.22. The van der Waals surface area contributed by atoms with E-state index in [1.807, 2.05) is 6.07 Å². The van der Waals surface area contributed by atoms with Crippen LogP contribution in [0.1, 0.15) is 0 Å². The third kappa shape index (κ3) is 5.31. The van der Waals surface area contributed by atoms with E-state index in [9.17, 15) is 25.6 Å². The average Bonchev–Trinajstić information content (AvgIpc) is 3.27. The van der Waals surface area contributed by atoms with Crippen LogP contribution in [-0.2, 0) is 27.1 Å². The van der Waals surface area contributed by atoms with Crippen LogP contribution in [-0.4, -0.2) is 57.1 Å². The van der Waals surface area contributed by atoms with Gasteiger partial charge in [-0.3, -0.25) is 9.40 Å². The van der Waals surface area contributed by atoms with Gasteiger partial charge in [-0.15, -0.1) is 0 Å². The van der Waals surface area contributed by atoms with Crippen LogP contribution in [0.2, 0.25) is 0 Å². The highest BCUT2D eigenvalue weighted by Crippen LogP contribution is 2.35. The summed E-state index contributed by atoms with van der Waals surface area (Å²) >= 11 is 0. The van der Waals surface area contributed by atoms with E-state index in [4.69, 9.17) is 4.74 Å². The molecule has 1 N–H and O–H groups in total. The van der Waals surface area contributed by atoms with Crippen LogP contribution < -0.4 is 9.46 Å². The Labute approximate surface area is 241 Å². The number of ether oxygens (including phenoxy) is 1. The molecule has 5 rings (SSSR count). The fraction of sp³-hybridized carbons (Fsp3) is 0.143. The molecule has 218 valence electrons. The van der Waals surface area contributed by atoms with Gasteiger partial charge in [-0.25, -0.2) is 34.9 Å². The monoisotopic (exact) mass is 613 g/mol. The number of nitrogens with zero attached hydrogens (tertiary/aromatic N) is 4. The van der Waals surface area contributed by atoms with Crippen LogP contribution >= 0.6 is 0 Å². The number of fused-ring (bicyclic) bond motifs is 1. The molecule has 0 aliphatic heterocycles. The molecule has 0 atom stereocenters. The topological polar surface area (TPSA) is 123 Å². The second kappa shape index (κ2) is 10.8. The zero-order valence-electron chi connectivity index (χ0n) is 22.8. The summed E-state index contributed by atoms with van der Waals surface area (Å²) in [4.78, 5) is 3.64. The number of aryl methyl sites for hydroxylation is 1. The van der Waals surface area contributed by atoms with Crippen molar-refractivity contribution in [3.05, 3.63) is 84.6 Å². The van der Waals surface area contributed by atoms with Crippen molar-refractivity contribution in [2.24, 2.45) is 7.05 Å². The SMILES string of the molecule is COc1ncc(-c2ccc3nn(C)c(-c4ccc(S(=O)(=O)N(C)C)cc4)c3c2)cc1NS(=O)(=O)c1ccc(F)cc1F. The number of benzene rings is 3. The summed E-state index contributed by atoms with van der Waals surface area (Å²) in [6.45, 7) is 0. The van der Waals surface area contributed by atoms with Gasteiger partial charge in [-0.05, 0) is 48.0 Å². The first kappa shape index (κ1) is 29.1. The zero-order valence-corrected chi connectivity index (χ0v) is 24.5. The molecule has 2 aromatic heterocycles. The molecule has 0 saturated heterocycles. The predicted molar refractivity (Wildman–Crippen MR) is 154 cm³/mol. The molecule has 42 heavy (non-hydrogen) atoms. The van der Waals surface area contributed by atoms with Gasteiger partial charge in [0, 0.05) is 49.9 Å². The Bertz CT molecular complexity index is 2050. The van der Waals surface area contributed by atoms with Gasteiger partial charge in [0.1, 0.15) is 22.2 Å². The fourth-order valence-corrected chi connectivity index (χ4v) is 6.47. The summed E-state index contributed by atoms with van der Waals surface area (Å²) in [6, 6.07) is 15.5. The molecule has 10 nitrogen and oxygen atoms in total. The van der Waals surface area contributed by atoms with Gasteiger partial charge in [-0.2, -0.15) is 5.10 Å². The van der Waals surface area contributed by atoms with Gasteiger partial charge in [0.25, 0.3) is 10.0 Å². The number of nitrogens with one attached hydrogen (secondary N) is 1. The molecular formula is C28H25F2N5O5S2. The number of hydrogen-bond donors (Lipinski definition) is 1. The summed E-state index contributed by atoms with van der Waals surface area (Å²) in [5.74, 6) is -2.21. The summed E-state index contributed by atoms with van der Waals surface area (Å²) in [5, 5.41) is 5.32. The van der Waals surface area contributed by atoms with Crippen molar-refractivity contribution in [1.82, 2.24) is 19.1 Å². The highest BCUT2D eigenvalue weighted by molar-refractivity contribution is 7.92. The van der Waals surface area contributed by atoms with Gasteiger partial charge in [0.2, 0.25) is 15.9 Å². The van der Waals surface area contributed by atoms with E-state index in [0.29, 0.717) is 22.7 Å². The normalized spacial score (nSPS) is 12.2. The second-order valence-corrected chi connectivity index (χ2v) is 13.3. The zero-order chi connectivity index (χ0) is 30.4. The number of anilines is 1. The standard InChI is InChI=1S/C28H25F2N5O5S2/c1-34(2)42(38,39)21-9-5-17(6-10-21)27-22-13-18(7-11-24(22)32-35(27)3)19-14-25(28(40-4)31-16-19)33-41(36,37)26-12-8-20(29)15-23(26)30/h5-16,33H,1-4H3. The number of aromatic nitrogens is 3. The summed E-state index contributed by atoms with van der Waals surface area (Å²) in [7, 11) is -2.05. The lowest BCUT2D eigenvalue weighted by atomic mass is 10.0. The number of pyridine rings is 1. The predicted octanol–water partition coefficient (Wildman–Crippen LogP) is 4.64. The maximum Gasteiger partial charge on any atom is 0.264 e. The van der Waals surface area contributed by atoms with Crippen molar-refractivity contribution in [2.45, 2.75) is 9.79 Å². The van der Waals surface area contributed by atoms with E-state index in [0.717, 1.165) is 33.1 Å². The Morgan fingerprint density at radius 2 is 1.57 bits per heavy atom. The van der Waals surface area contributed by atoms with Crippen molar-refractivity contribution in [2.75, 3.05) is 25.9 Å². The molecule has 0 aliphatic rings. The third-order valence-electron chi connectivity index (χ3n) is 6.54. The molecule has 14 heteroatoms. The van der Waals surface area contributed by atoms with Crippen LogP contribution in [0.3, 0.4) is 0 Å². The number of rotatable bonds is 8. The lowest BCUT2D eigenvalue weighted by Gasteiger charge is -2.13. The molecule has 0 radical (unpaired) electrons. The fourth-order valence-electron chi connectivity index (χ4n) is 4.46. The van der Waals surface area contributed by atoms with E-state index in [2.05, 4.69) is 14.8 Å². The maximum absolute atomic E-state index is 14.3. The van der Waals surface area contributed by atoms with Crippen LogP contribution in [0.4, 0.5) is 14.5 Å². The maximum atomic E-state index is 14.3. The Hall–Kier alpha value is -4.40. The minimum absolute atomic E-state index is 0.0528. The van der Waals surface area contributed by atoms with Crippen molar-refractivity contribution in [3.8, 4) is 28.3 Å². The first-order valence-electron chi connectivity index (χ1n) is 12.3. The van der Waals surface area contributed by atoms with Gasteiger partial charge in [-0.1, -0.05) is 18.2 Å². The quantitative estimate of drug-likeness (QED) is 0.271. The molecule has 5 aromatic rings. The van der Waals surface area contributed by atoms with Gasteiger partial charge < -0.3 is 4.74 Å². The molecule has 0 aliphatic carbocycles. The van der Waals surface area contributed by atoms with Crippen molar-refractivity contribution in [3.63, 3.8) is 0 Å². The first-order chi connectivity index (χ1) is 19.8. The Morgan fingerprint density at radius 1 is 0.881 bits per heavy atom. The Morgan fingerprint density at radius 3 is 2.21 bits per heavy atom. The molecule has 0 fully saturated rings. The van der Waals surface area contributed by atoms with Gasteiger partial charge in [0.15, 0.2) is 0 Å². The lowest BCUT2D eigenvalue weighted by molar-refractivity contribution is 0.400. The van der Waals surface area contributed by atoms with Crippen LogP contribution in [0, 0.1) is 11.6 Å². The van der Waals surface area contributed by atoms with E-state index >= 15 is 0 Å². The minimum Gasteiger partial charge on any atom is -0.480 e. The smallest absolute Gasteiger partial charge is 0.264 e. The van der Waals surface area contributed by atoms with Crippen LogP contribution in [0.25, 0.3) is 33.3 Å². The molecule has 0 spiro atoms. The highest BCUT2D eigenvalue weighted by Gasteiger charge is 2.23. The van der Waals surface area contributed by atoms with Crippen LogP contribution in [0.15, 0.2) is 82.7 Å². The number of methoxy groups -OCH3 is 1. The van der Waals surface area contributed by atoms with Crippen molar-refractivity contribution >= 4 is 36.6 Å². The molecule has 0 saturated carbocycles. The summed E-state index contributed by atoms with van der Waals surface area (Å²) < 4.78 is 88.8. The van der Waals surface area contributed by atoms with E-state index in [1.54, 1.807) is 36.0 Å².